The van der Waals surface area contributed by atoms with E-state index in [4.69, 9.17) is 12.2 Å². The van der Waals surface area contributed by atoms with Crippen LogP contribution in [0.15, 0.2) is 53.4 Å². The number of nitrogens with one attached hydrogen (secondary N) is 3. The van der Waals surface area contributed by atoms with Gasteiger partial charge in [0.05, 0.1) is 4.90 Å². The maximum Gasteiger partial charge on any atom is 0.257 e. The van der Waals surface area contributed by atoms with E-state index in [9.17, 15) is 13.2 Å². The minimum Gasteiger partial charge on any atom is -0.332 e. The molecule has 3 N–H and O–H groups in total. The second-order valence-corrected chi connectivity index (χ2v) is 11.2. The van der Waals surface area contributed by atoms with Gasteiger partial charge in [0.1, 0.15) is 0 Å². The van der Waals surface area contributed by atoms with Crippen LogP contribution in [0, 0.1) is 0 Å². The van der Waals surface area contributed by atoms with Crippen LogP contribution in [0.1, 0.15) is 57.5 Å². The number of carbonyl (C=O) groups excluding carboxylic acids is 1. The van der Waals surface area contributed by atoms with Gasteiger partial charge in [0.25, 0.3) is 5.91 Å². The molecule has 0 radical (unpaired) electrons. The molecule has 0 heterocycles. The summed E-state index contributed by atoms with van der Waals surface area (Å²) < 4.78 is 27.3. The average Bonchev–Trinajstić information content (AvgIpc) is 2.59. The summed E-state index contributed by atoms with van der Waals surface area (Å²) in [4.78, 5) is 12.5. The van der Waals surface area contributed by atoms with Crippen LogP contribution in [0.25, 0.3) is 0 Å². The van der Waals surface area contributed by atoms with E-state index in [1.54, 1.807) is 45.0 Å². The lowest BCUT2D eigenvalue weighted by molar-refractivity contribution is 0.0977. The molecular formula is C22H29N3O3S2. The van der Waals surface area contributed by atoms with Crippen molar-refractivity contribution in [3.8, 4) is 0 Å². The van der Waals surface area contributed by atoms with Crippen molar-refractivity contribution in [2.45, 2.75) is 57.4 Å². The lowest BCUT2D eigenvalue weighted by Crippen LogP contribution is -2.40. The van der Waals surface area contributed by atoms with Gasteiger partial charge in [-0.3, -0.25) is 10.1 Å². The summed E-state index contributed by atoms with van der Waals surface area (Å²) in [7, 11) is -3.61. The van der Waals surface area contributed by atoms with Gasteiger partial charge in [-0.15, -0.1) is 0 Å². The number of thiocarbonyl (C=S) groups is 1. The first-order valence-electron chi connectivity index (χ1n) is 9.54. The molecule has 0 aliphatic rings. The monoisotopic (exact) mass is 447 g/mol. The van der Waals surface area contributed by atoms with Crippen molar-refractivity contribution >= 4 is 38.9 Å². The average molecular weight is 448 g/mol. The SMILES string of the molecule is CC(C)(C)NS(=O)(=O)c1ccc(NC(=S)NC(=O)c2ccc(C(C)(C)C)cc2)cc1. The van der Waals surface area contributed by atoms with Crippen LogP contribution in [0.3, 0.4) is 0 Å². The van der Waals surface area contributed by atoms with E-state index in [1.165, 1.54) is 12.1 Å². The largest absolute Gasteiger partial charge is 0.332 e. The summed E-state index contributed by atoms with van der Waals surface area (Å²) in [5.74, 6) is -0.318. The van der Waals surface area contributed by atoms with Crippen LogP contribution in [0.2, 0.25) is 0 Å². The molecule has 0 saturated carbocycles. The molecule has 0 aliphatic heterocycles. The van der Waals surface area contributed by atoms with Crippen molar-refractivity contribution in [1.82, 2.24) is 10.0 Å². The topological polar surface area (TPSA) is 87.3 Å². The Balaban J connectivity index is 2.00. The molecule has 2 aromatic rings. The molecule has 2 rings (SSSR count). The normalized spacial score (nSPS) is 12.3. The van der Waals surface area contributed by atoms with Crippen LogP contribution >= 0.6 is 12.2 Å². The minimum absolute atomic E-state index is 0.00784. The molecule has 0 saturated heterocycles. The van der Waals surface area contributed by atoms with Crippen molar-refractivity contribution in [2.24, 2.45) is 0 Å². The van der Waals surface area contributed by atoms with E-state index in [2.05, 4.69) is 36.1 Å². The minimum atomic E-state index is -3.61. The van der Waals surface area contributed by atoms with Crippen molar-refractivity contribution < 1.29 is 13.2 Å². The van der Waals surface area contributed by atoms with Crippen LogP contribution in [-0.2, 0) is 15.4 Å². The Bertz CT molecular complexity index is 1020. The molecule has 162 valence electrons. The van der Waals surface area contributed by atoms with Crippen LogP contribution < -0.4 is 15.4 Å². The first-order valence-corrected chi connectivity index (χ1v) is 11.4. The highest BCUT2D eigenvalue weighted by Gasteiger charge is 2.22. The molecule has 1 amide bonds. The van der Waals surface area contributed by atoms with E-state index in [0.717, 1.165) is 5.56 Å². The summed E-state index contributed by atoms with van der Waals surface area (Å²) in [6.07, 6.45) is 0. The number of carbonyl (C=O) groups is 1. The number of rotatable bonds is 4. The van der Waals surface area contributed by atoms with Crippen LogP contribution in [0.5, 0.6) is 0 Å². The van der Waals surface area contributed by atoms with Crippen molar-refractivity contribution in [1.29, 1.82) is 0 Å². The van der Waals surface area contributed by atoms with E-state index in [0.29, 0.717) is 11.3 Å². The Labute approximate surface area is 184 Å². The van der Waals surface area contributed by atoms with E-state index in [1.807, 2.05) is 12.1 Å². The van der Waals surface area contributed by atoms with Crippen LogP contribution in [0.4, 0.5) is 5.69 Å². The predicted molar refractivity (Wildman–Crippen MR) is 125 cm³/mol. The predicted octanol–water partition coefficient (Wildman–Crippen LogP) is 4.19. The Morgan fingerprint density at radius 2 is 1.40 bits per heavy atom. The third-order valence-corrected chi connectivity index (χ3v) is 6.08. The fraction of sp³-hybridized carbons (Fsp3) is 0.364. The molecule has 6 nitrogen and oxygen atoms in total. The van der Waals surface area contributed by atoms with Gasteiger partial charge in [-0.1, -0.05) is 32.9 Å². The van der Waals surface area contributed by atoms with E-state index >= 15 is 0 Å². The van der Waals surface area contributed by atoms with E-state index < -0.39 is 15.6 Å². The van der Waals surface area contributed by atoms with Crippen molar-refractivity contribution in [2.75, 3.05) is 5.32 Å². The Morgan fingerprint density at radius 1 is 0.867 bits per heavy atom. The Hall–Kier alpha value is -2.29. The quantitative estimate of drug-likeness (QED) is 0.612. The highest BCUT2D eigenvalue weighted by Crippen LogP contribution is 2.22. The maximum atomic E-state index is 12.4. The number of benzene rings is 2. The van der Waals surface area contributed by atoms with Crippen molar-refractivity contribution in [3.05, 3.63) is 59.7 Å². The highest BCUT2D eigenvalue weighted by molar-refractivity contribution is 7.89. The molecule has 0 spiro atoms. The fourth-order valence-corrected chi connectivity index (χ4v) is 4.27. The summed E-state index contributed by atoms with van der Waals surface area (Å²) in [6, 6.07) is 13.5. The third kappa shape index (κ3) is 6.90. The molecule has 0 bridgehead atoms. The molecule has 0 aliphatic carbocycles. The number of amides is 1. The van der Waals surface area contributed by atoms with Gasteiger partial charge < -0.3 is 5.32 Å². The number of hydrogen-bond acceptors (Lipinski definition) is 4. The smallest absolute Gasteiger partial charge is 0.257 e. The third-order valence-electron chi connectivity index (χ3n) is 4.10. The standard InChI is InChI=1S/C22H29N3O3S2/c1-21(2,3)16-9-7-15(8-10-16)19(26)24-20(29)23-17-11-13-18(14-12-17)30(27,28)25-22(4,5)6/h7-14,25H,1-6H3,(H2,23,24,26,29). The zero-order valence-corrected chi connectivity index (χ0v) is 19.8. The Kier molecular flexibility index (Phi) is 7.06. The van der Waals surface area contributed by atoms with Crippen LogP contribution in [-0.4, -0.2) is 25.0 Å². The molecule has 30 heavy (non-hydrogen) atoms. The molecule has 0 aromatic heterocycles. The van der Waals surface area contributed by atoms with Gasteiger partial charge in [0, 0.05) is 16.8 Å². The molecule has 0 fully saturated rings. The summed E-state index contributed by atoms with van der Waals surface area (Å²) in [6.45, 7) is 11.7. The second-order valence-electron chi connectivity index (χ2n) is 9.12. The molecular weight excluding hydrogens is 418 g/mol. The highest BCUT2D eigenvalue weighted by atomic mass is 32.2. The van der Waals surface area contributed by atoms with Crippen molar-refractivity contribution in [3.63, 3.8) is 0 Å². The molecule has 0 unspecified atom stereocenters. The second kappa shape index (κ2) is 8.83. The van der Waals surface area contributed by atoms with Gasteiger partial charge in [-0.05, 0) is 80.4 Å². The van der Waals surface area contributed by atoms with Gasteiger partial charge >= 0.3 is 0 Å². The molecule has 2 aromatic carbocycles. The zero-order valence-electron chi connectivity index (χ0n) is 18.2. The molecule has 0 atom stereocenters. The van der Waals surface area contributed by atoms with Gasteiger partial charge in [-0.2, -0.15) is 0 Å². The first-order chi connectivity index (χ1) is 13.7. The number of sulfonamides is 1. The summed E-state index contributed by atoms with van der Waals surface area (Å²) in [5, 5.41) is 5.65. The molecule has 8 heteroatoms. The number of hydrogen-bond donors (Lipinski definition) is 3. The van der Waals surface area contributed by atoms with Gasteiger partial charge in [0.15, 0.2) is 5.11 Å². The maximum absolute atomic E-state index is 12.4. The van der Waals surface area contributed by atoms with Gasteiger partial charge in [0.2, 0.25) is 10.0 Å². The first kappa shape index (κ1) is 24.0. The lowest BCUT2D eigenvalue weighted by Gasteiger charge is -2.20. The fourth-order valence-electron chi connectivity index (χ4n) is 2.64. The summed E-state index contributed by atoms with van der Waals surface area (Å²) in [5.41, 5.74) is 1.64. The number of anilines is 1. The zero-order chi connectivity index (χ0) is 22.7. The van der Waals surface area contributed by atoms with E-state index in [-0.39, 0.29) is 21.3 Å². The summed E-state index contributed by atoms with van der Waals surface area (Å²) >= 11 is 5.20. The van der Waals surface area contributed by atoms with Gasteiger partial charge in [-0.25, -0.2) is 13.1 Å². The lowest BCUT2D eigenvalue weighted by atomic mass is 9.87. The Morgan fingerprint density at radius 3 is 1.87 bits per heavy atom.